The first kappa shape index (κ1) is 26.0. The Bertz CT molecular complexity index is 880. The summed E-state index contributed by atoms with van der Waals surface area (Å²) in [6, 6.07) is 15.6. The second-order valence-electron chi connectivity index (χ2n) is 5.65. The van der Waals surface area contributed by atoms with Gasteiger partial charge in [0.05, 0.1) is 0 Å². The van der Waals surface area contributed by atoms with Gasteiger partial charge in [-0.25, -0.2) is 13.2 Å². The average molecular weight is 439 g/mol. The first-order chi connectivity index (χ1) is 12.3. The molecule has 1 amide bonds. The maximum Gasteiger partial charge on any atom is 1.00 e. The fraction of sp³-hybridized carbons (Fsp3) is 0.235. The van der Waals surface area contributed by atoms with Crippen LogP contribution < -0.4 is 69.5 Å². The normalized spacial score (nSPS) is 13.4. The van der Waals surface area contributed by atoms with Crippen LogP contribution in [0.25, 0.3) is 11.1 Å². The minimum Gasteiger partial charge on any atom is -0.836 e. The maximum atomic E-state index is 11.8. The monoisotopic (exact) mass is 439 g/mol. The summed E-state index contributed by atoms with van der Waals surface area (Å²) in [4.78, 5) is 11.8. The molecule has 0 fully saturated rings. The summed E-state index contributed by atoms with van der Waals surface area (Å²) in [6.07, 6.45) is -2.70. The first-order valence-electron chi connectivity index (χ1n) is 7.73. The van der Waals surface area contributed by atoms with Crippen molar-refractivity contribution in [1.29, 1.82) is 0 Å². The minimum atomic E-state index is -4.57. The van der Waals surface area contributed by atoms with Crippen LogP contribution in [0.15, 0.2) is 48.5 Å². The molecule has 0 bridgehead atoms. The van der Waals surface area contributed by atoms with Crippen molar-refractivity contribution >= 4 is 26.0 Å². The molecule has 3 rings (SSSR count). The Morgan fingerprint density at radius 2 is 1.57 bits per heavy atom. The molecule has 0 aliphatic heterocycles. The minimum absolute atomic E-state index is 0. The number of alkyl carbamates (subject to hydrolysis) is 1. The van der Waals surface area contributed by atoms with Crippen molar-refractivity contribution < 1.29 is 86.7 Å². The second-order valence-corrected chi connectivity index (χ2v) is 8.97. The molecule has 2 aromatic carbocycles. The zero-order chi connectivity index (χ0) is 18.7. The number of carbonyl (C=O) groups is 1. The van der Waals surface area contributed by atoms with E-state index in [2.05, 4.69) is 0 Å². The number of ether oxygens (including phenoxy) is 1. The SMILES string of the molecule is O=C(N[C@H]([O-])CSS(=O)(=O)[O-])OCC1c2ccccc2-c2ccccc21.[Na+].[Na+]. The number of hydrogen-bond acceptors (Lipinski definition) is 7. The number of carbonyl (C=O) groups excluding carboxylic acids is 1. The van der Waals surface area contributed by atoms with Crippen LogP contribution in [0.5, 0.6) is 0 Å². The van der Waals surface area contributed by atoms with Crippen LogP contribution in [0, 0.1) is 0 Å². The van der Waals surface area contributed by atoms with E-state index >= 15 is 0 Å². The molecule has 0 aromatic heterocycles. The molecule has 0 radical (unpaired) electrons. The van der Waals surface area contributed by atoms with Crippen molar-refractivity contribution in [3.63, 3.8) is 0 Å². The molecule has 0 heterocycles. The summed E-state index contributed by atoms with van der Waals surface area (Å²) in [7, 11) is -4.63. The number of benzene rings is 2. The van der Waals surface area contributed by atoms with Gasteiger partial charge in [0.25, 0.3) is 0 Å². The van der Waals surface area contributed by atoms with Crippen LogP contribution in [0.2, 0.25) is 0 Å². The van der Waals surface area contributed by atoms with Crippen molar-refractivity contribution in [3.8, 4) is 11.1 Å². The third-order valence-corrected chi connectivity index (χ3v) is 5.99. The fourth-order valence-corrected chi connectivity index (χ4v) is 4.20. The molecule has 138 valence electrons. The largest absolute Gasteiger partial charge is 1.00 e. The van der Waals surface area contributed by atoms with Crippen LogP contribution in [-0.4, -0.2) is 37.7 Å². The number of hydrogen-bond donors (Lipinski definition) is 1. The Morgan fingerprint density at radius 3 is 2.07 bits per heavy atom. The van der Waals surface area contributed by atoms with Gasteiger partial charge in [-0.3, -0.25) is 0 Å². The van der Waals surface area contributed by atoms with Gasteiger partial charge in [0.2, 0.25) is 0 Å². The summed E-state index contributed by atoms with van der Waals surface area (Å²) in [6.45, 7) is 0.0412. The molecule has 0 spiro atoms. The van der Waals surface area contributed by atoms with E-state index < -0.39 is 27.2 Å². The van der Waals surface area contributed by atoms with Gasteiger partial charge in [-0.2, -0.15) is 0 Å². The van der Waals surface area contributed by atoms with Crippen molar-refractivity contribution in [2.45, 2.75) is 12.1 Å². The van der Waals surface area contributed by atoms with Crippen molar-refractivity contribution in [3.05, 3.63) is 59.7 Å². The Hall–Kier alpha value is -0.0700. The van der Waals surface area contributed by atoms with E-state index in [1.165, 1.54) is 0 Å². The molecule has 1 N–H and O–H groups in total. The smallest absolute Gasteiger partial charge is 0.836 e. The molecular weight excluding hydrogens is 424 g/mol. The number of fused-ring (bicyclic) bond motifs is 3. The maximum absolute atomic E-state index is 11.8. The van der Waals surface area contributed by atoms with Gasteiger partial charge >= 0.3 is 65.2 Å². The van der Waals surface area contributed by atoms with E-state index in [-0.39, 0.29) is 82.4 Å². The molecule has 28 heavy (non-hydrogen) atoms. The topological polar surface area (TPSA) is 119 Å². The summed E-state index contributed by atoms with van der Waals surface area (Å²) >= 11 is 0. The molecule has 1 aliphatic carbocycles. The van der Waals surface area contributed by atoms with Crippen molar-refractivity contribution in [1.82, 2.24) is 5.32 Å². The third-order valence-electron chi connectivity index (χ3n) is 3.99. The van der Waals surface area contributed by atoms with Gasteiger partial charge in [0.1, 0.15) is 15.8 Å². The first-order valence-corrected chi connectivity index (χ1v) is 10.6. The summed E-state index contributed by atoms with van der Waals surface area (Å²) < 4.78 is 36.6. The molecular formula is C17H15NNa2O6S2. The summed E-state index contributed by atoms with van der Waals surface area (Å²) in [5.41, 5.74) is 4.23. The van der Waals surface area contributed by atoms with E-state index in [0.29, 0.717) is 0 Å². The molecule has 0 saturated carbocycles. The van der Waals surface area contributed by atoms with E-state index in [0.717, 1.165) is 22.3 Å². The van der Waals surface area contributed by atoms with Crippen LogP contribution in [0.3, 0.4) is 0 Å². The predicted molar refractivity (Wildman–Crippen MR) is 94.1 cm³/mol. The van der Waals surface area contributed by atoms with E-state index in [9.17, 15) is 22.9 Å². The number of rotatable bonds is 6. The van der Waals surface area contributed by atoms with Gasteiger partial charge in [-0.15, -0.1) is 0 Å². The van der Waals surface area contributed by atoms with Gasteiger partial charge in [-0.05, 0) is 39.3 Å². The Morgan fingerprint density at radius 1 is 1.07 bits per heavy atom. The Labute approximate surface area is 211 Å². The number of nitrogens with one attached hydrogen (secondary N) is 1. The van der Waals surface area contributed by atoms with Crippen molar-refractivity contribution in [2.24, 2.45) is 0 Å². The van der Waals surface area contributed by atoms with Crippen LogP contribution in [0.1, 0.15) is 17.0 Å². The quantitative estimate of drug-likeness (QED) is 0.208. The standard InChI is InChI=1S/C17H16NO6S2.2Na/c19-16(10-25-26(21,22)23)18-17(20)24-9-15-13-7-3-1-5-11(13)12-6-2-4-8-14(12)15;;/h1-8,15-16H,9-10H2,(H,18,20)(H,21,22,23);;/q-1;2*+1/p-1/t16-;;/m1../s1. The van der Waals surface area contributed by atoms with Crippen LogP contribution >= 0.6 is 10.8 Å². The third kappa shape index (κ3) is 6.73. The van der Waals surface area contributed by atoms with E-state index in [1.807, 2.05) is 53.8 Å². The zero-order valence-electron chi connectivity index (χ0n) is 15.5. The van der Waals surface area contributed by atoms with Gasteiger partial charge in [-0.1, -0.05) is 48.5 Å². The molecule has 2 aromatic rings. The average Bonchev–Trinajstić information content (AvgIpc) is 2.92. The van der Waals surface area contributed by atoms with Gasteiger partial charge in [0.15, 0.2) is 0 Å². The fourth-order valence-electron chi connectivity index (χ4n) is 2.96. The predicted octanol–water partition coefficient (Wildman–Crippen LogP) is -4.59. The Balaban J connectivity index is 0.00000196. The summed E-state index contributed by atoms with van der Waals surface area (Å²) in [5.74, 6) is -0.731. The molecule has 7 nitrogen and oxygen atoms in total. The zero-order valence-corrected chi connectivity index (χ0v) is 21.1. The van der Waals surface area contributed by atoms with Crippen LogP contribution in [-0.2, 0) is 13.9 Å². The molecule has 0 unspecified atom stereocenters. The molecule has 1 atom stereocenters. The Kier molecular flexibility index (Phi) is 10.5. The summed E-state index contributed by atoms with van der Waals surface area (Å²) in [5, 5.41) is 13.5. The van der Waals surface area contributed by atoms with Crippen LogP contribution in [0.4, 0.5) is 4.79 Å². The molecule has 0 saturated heterocycles. The second kappa shape index (κ2) is 11.4. The molecule has 11 heteroatoms. The van der Waals surface area contributed by atoms with Crippen molar-refractivity contribution in [2.75, 3.05) is 12.4 Å². The van der Waals surface area contributed by atoms with Gasteiger partial charge in [0, 0.05) is 11.7 Å². The van der Waals surface area contributed by atoms with E-state index in [4.69, 9.17) is 4.74 Å². The number of amides is 1. The van der Waals surface area contributed by atoms with E-state index in [1.54, 1.807) is 0 Å². The van der Waals surface area contributed by atoms with Gasteiger partial charge < -0.3 is 19.7 Å². The molecule has 1 aliphatic rings.